The third-order valence-corrected chi connectivity index (χ3v) is 3.99. The van der Waals surface area contributed by atoms with Gasteiger partial charge >= 0.3 is 0 Å². The molecular weight excluding hydrogens is 288 g/mol. The van der Waals surface area contributed by atoms with Crippen LogP contribution < -0.4 is 10.6 Å². The minimum Gasteiger partial charge on any atom is -0.376 e. The zero-order valence-electron chi connectivity index (χ0n) is 13.4. The molecule has 0 bridgehead atoms. The zero-order chi connectivity index (χ0) is 15.7. The van der Waals surface area contributed by atoms with Crippen molar-refractivity contribution >= 4 is 11.6 Å². The second-order valence-corrected chi connectivity index (χ2v) is 5.82. The first-order valence-corrected chi connectivity index (χ1v) is 8.35. The summed E-state index contributed by atoms with van der Waals surface area (Å²) in [5, 5.41) is 6.69. The van der Waals surface area contributed by atoms with E-state index in [1.165, 1.54) is 5.56 Å². The third kappa shape index (κ3) is 5.21. The maximum atomic E-state index is 5.60. The Balaban J connectivity index is 1.40. The molecule has 5 heteroatoms. The maximum Gasteiger partial charge on any atom is 0.131 e. The Labute approximate surface area is 137 Å². The second kappa shape index (κ2) is 8.48. The van der Waals surface area contributed by atoms with Crippen LogP contribution >= 0.6 is 0 Å². The van der Waals surface area contributed by atoms with Crippen molar-refractivity contribution in [1.82, 2.24) is 9.97 Å². The summed E-state index contributed by atoms with van der Waals surface area (Å²) in [4.78, 5) is 8.53. The number of aryl methyl sites for hydroxylation is 1. The molecule has 1 aromatic heterocycles. The number of hydrogen-bond donors (Lipinski definition) is 2. The minimum absolute atomic E-state index is 0.312. The van der Waals surface area contributed by atoms with Crippen molar-refractivity contribution in [2.45, 2.75) is 31.8 Å². The molecule has 0 saturated carbocycles. The molecule has 2 heterocycles. The normalized spacial score (nSPS) is 17.1. The number of hydrogen-bond acceptors (Lipinski definition) is 5. The molecule has 1 aliphatic rings. The number of anilines is 2. The number of nitrogens with zero attached hydrogens (tertiary/aromatic N) is 2. The van der Waals surface area contributed by atoms with Crippen molar-refractivity contribution in [3.8, 4) is 0 Å². The summed E-state index contributed by atoms with van der Waals surface area (Å²) < 4.78 is 5.60. The van der Waals surface area contributed by atoms with Crippen LogP contribution in [-0.2, 0) is 11.2 Å². The fraction of sp³-hybridized carbons (Fsp3) is 0.444. The van der Waals surface area contributed by atoms with Gasteiger partial charge in [-0.05, 0) is 31.2 Å². The van der Waals surface area contributed by atoms with Crippen LogP contribution in [0.5, 0.6) is 0 Å². The van der Waals surface area contributed by atoms with Gasteiger partial charge in [-0.15, -0.1) is 0 Å². The number of ether oxygens (including phenoxy) is 1. The predicted molar refractivity (Wildman–Crippen MR) is 92.7 cm³/mol. The van der Waals surface area contributed by atoms with Crippen LogP contribution in [0.4, 0.5) is 11.6 Å². The van der Waals surface area contributed by atoms with Crippen molar-refractivity contribution in [2.75, 3.05) is 30.3 Å². The molecule has 1 atom stereocenters. The molecule has 122 valence electrons. The van der Waals surface area contributed by atoms with Crippen molar-refractivity contribution < 1.29 is 4.74 Å². The van der Waals surface area contributed by atoms with Gasteiger partial charge in [0.2, 0.25) is 0 Å². The van der Waals surface area contributed by atoms with Crippen LogP contribution in [0.15, 0.2) is 42.7 Å². The molecule has 23 heavy (non-hydrogen) atoms. The SMILES string of the molecule is c1ccc(CCCNc2cc(NCC3CCCO3)ncn2)cc1. The van der Waals surface area contributed by atoms with Crippen LogP contribution in [0.25, 0.3) is 0 Å². The van der Waals surface area contributed by atoms with E-state index in [2.05, 4.69) is 44.9 Å². The van der Waals surface area contributed by atoms with Crippen molar-refractivity contribution in [3.63, 3.8) is 0 Å². The molecule has 1 unspecified atom stereocenters. The first kappa shape index (κ1) is 15.7. The lowest BCUT2D eigenvalue weighted by Crippen LogP contribution is -2.19. The lowest BCUT2D eigenvalue weighted by Gasteiger charge is -2.12. The highest BCUT2D eigenvalue weighted by atomic mass is 16.5. The molecule has 0 spiro atoms. The number of nitrogens with one attached hydrogen (secondary N) is 2. The molecule has 1 fully saturated rings. The summed E-state index contributed by atoms with van der Waals surface area (Å²) >= 11 is 0. The van der Waals surface area contributed by atoms with Gasteiger partial charge < -0.3 is 15.4 Å². The Morgan fingerprint density at radius 1 is 1.09 bits per heavy atom. The highest BCUT2D eigenvalue weighted by Crippen LogP contribution is 2.14. The van der Waals surface area contributed by atoms with Crippen LogP contribution in [0.2, 0.25) is 0 Å². The smallest absolute Gasteiger partial charge is 0.131 e. The molecule has 1 aromatic carbocycles. The van der Waals surface area contributed by atoms with Crippen molar-refractivity contribution in [2.24, 2.45) is 0 Å². The fourth-order valence-corrected chi connectivity index (χ4v) is 2.73. The molecule has 0 aliphatic carbocycles. The van der Waals surface area contributed by atoms with Gasteiger partial charge in [-0.2, -0.15) is 0 Å². The summed E-state index contributed by atoms with van der Waals surface area (Å²) in [6, 6.07) is 12.5. The van der Waals surface area contributed by atoms with E-state index < -0.39 is 0 Å². The Morgan fingerprint density at radius 3 is 2.70 bits per heavy atom. The molecule has 5 nitrogen and oxygen atoms in total. The lowest BCUT2D eigenvalue weighted by molar-refractivity contribution is 0.120. The van der Waals surface area contributed by atoms with Crippen molar-refractivity contribution in [1.29, 1.82) is 0 Å². The summed E-state index contributed by atoms with van der Waals surface area (Å²) in [6.07, 6.45) is 6.34. The van der Waals surface area contributed by atoms with Crippen LogP contribution in [-0.4, -0.2) is 35.8 Å². The fourth-order valence-electron chi connectivity index (χ4n) is 2.73. The zero-order valence-corrected chi connectivity index (χ0v) is 13.4. The monoisotopic (exact) mass is 312 g/mol. The van der Waals surface area contributed by atoms with E-state index in [-0.39, 0.29) is 0 Å². The standard InChI is InChI=1S/C18H24N4O/c1-2-6-15(7-3-1)8-4-10-19-17-12-18(22-14-21-17)20-13-16-9-5-11-23-16/h1-3,6-7,12,14,16H,4-5,8-11,13H2,(H2,19,20,21,22). The summed E-state index contributed by atoms with van der Waals surface area (Å²) in [5.41, 5.74) is 1.37. The molecule has 1 aliphatic heterocycles. The largest absolute Gasteiger partial charge is 0.376 e. The quantitative estimate of drug-likeness (QED) is 0.734. The van der Waals surface area contributed by atoms with E-state index in [9.17, 15) is 0 Å². The van der Waals surface area contributed by atoms with Gasteiger partial charge in [0.15, 0.2) is 0 Å². The molecule has 1 saturated heterocycles. The molecule has 2 N–H and O–H groups in total. The van der Waals surface area contributed by atoms with E-state index >= 15 is 0 Å². The number of rotatable bonds is 8. The van der Waals surface area contributed by atoms with Gasteiger partial charge in [0.25, 0.3) is 0 Å². The van der Waals surface area contributed by atoms with Gasteiger partial charge in [0.05, 0.1) is 6.10 Å². The first-order chi connectivity index (χ1) is 11.4. The van der Waals surface area contributed by atoms with Gasteiger partial charge in [-0.1, -0.05) is 30.3 Å². The van der Waals surface area contributed by atoms with E-state index in [1.54, 1.807) is 6.33 Å². The molecular formula is C18H24N4O. The summed E-state index contributed by atoms with van der Waals surface area (Å²) in [6.45, 7) is 2.59. The van der Waals surface area contributed by atoms with E-state index in [0.717, 1.165) is 57.0 Å². The molecule has 3 rings (SSSR count). The van der Waals surface area contributed by atoms with Crippen LogP contribution in [0.1, 0.15) is 24.8 Å². The van der Waals surface area contributed by atoms with E-state index in [0.29, 0.717) is 6.10 Å². The highest BCUT2D eigenvalue weighted by molar-refractivity contribution is 5.46. The first-order valence-electron chi connectivity index (χ1n) is 8.35. The average molecular weight is 312 g/mol. The average Bonchev–Trinajstić information content (AvgIpc) is 3.12. The van der Waals surface area contributed by atoms with E-state index in [4.69, 9.17) is 4.74 Å². The summed E-state index contributed by atoms with van der Waals surface area (Å²) in [5.74, 6) is 1.71. The Hall–Kier alpha value is -2.14. The Morgan fingerprint density at radius 2 is 1.91 bits per heavy atom. The van der Waals surface area contributed by atoms with Crippen LogP contribution in [0, 0.1) is 0 Å². The van der Waals surface area contributed by atoms with Gasteiger partial charge in [-0.25, -0.2) is 9.97 Å². The summed E-state index contributed by atoms with van der Waals surface area (Å²) in [7, 11) is 0. The third-order valence-electron chi connectivity index (χ3n) is 3.99. The van der Waals surface area contributed by atoms with Gasteiger partial charge in [0, 0.05) is 25.8 Å². The Bertz CT molecular complexity index is 585. The van der Waals surface area contributed by atoms with Crippen molar-refractivity contribution in [3.05, 3.63) is 48.3 Å². The molecule has 0 radical (unpaired) electrons. The van der Waals surface area contributed by atoms with E-state index in [1.807, 2.05) is 12.1 Å². The number of aromatic nitrogens is 2. The van der Waals surface area contributed by atoms with Gasteiger partial charge in [-0.3, -0.25) is 0 Å². The molecule has 2 aromatic rings. The number of benzene rings is 1. The highest BCUT2D eigenvalue weighted by Gasteiger charge is 2.14. The minimum atomic E-state index is 0.312. The maximum absolute atomic E-state index is 5.60. The van der Waals surface area contributed by atoms with Crippen LogP contribution in [0.3, 0.4) is 0 Å². The second-order valence-electron chi connectivity index (χ2n) is 5.82. The Kier molecular flexibility index (Phi) is 5.81. The lowest BCUT2D eigenvalue weighted by atomic mass is 10.1. The topological polar surface area (TPSA) is 59.1 Å². The molecule has 0 amide bonds. The van der Waals surface area contributed by atoms with Gasteiger partial charge in [0.1, 0.15) is 18.0 Å². The predicted octanol–water partition coefficient (Wildman–Crippen LogP) is 3.11.